The number of ether oxygens (including phenoxy) is 1. The number of hydrogen-bond donors (Lipinski definition) is 0. The molecule has 142 valence electrons. The summed E-state index contributed by atoms with van der Waals surface area (Å²) < 4.78 is 71.4. The van der Waals surface area contributed by atoms with Crippen LogP contribution in [0.25, 0.3) is 0 Å². The summed E-state index contributed by atoms with van der Waals surface area (Å²) >= 11 is 0. The molecule has 1 heterocycles. The van der Waals surface area contributed by atoms with Crippen LogP contribution in [0.2, 0.25) is 0 Å². The van der Waals surface area contributed by atoms with Gasteiger partial charge < -0.3 is 4.74 Å². The van der Waals surface area contributed by atoms with Crippen molar-refractivity contribution in [2.45, 2.75) is 25.6 Å². The van der Waals surface area contributed by atoms with Crippen molar-refractivity contribution in [1.82, 2.24) is 8.61 Å². The fourth-order valence-corrected chi connectivity index (χ4v) is 4.46. The molecule has 9 heteroatoms. The molecule has 0 aliphatic carbocycles. The van der Waals surface area contributed by atoms with Crippen LogP contribution in [-0.2, 0) is 27.7 Å². The third kappa shape index (κ3) is 5.16. The van der Waals surface area contributed by atoms with Crippen LogP contribution in [0.4, 0.5) is 13.2 Å². The molecular formula is C16H23F3N2O3S. The van der Waals surface area contributed by atoms with Crippen molar-refractivity contribution >= 4 is 10.2 Å². The molecule has 0 radical (unpaired) electrons. The second kappa shape index (κ2) is 8.03. The Morgan fingerprint density at radius 2 is 2.08 bits per heavy atom. The first kappa shape index (κ1) is 20.2. The first-order valence-electron chi connectivity index (χ1n) is 8.01. The second-order valence-corrected chi connectivity index (χ2v) is 8.32. The van der Waals surface area contributed by atoms with Gasteiger partial charge in [-0.1, -0.05) is 18.2 Å². The lowest BCUT2D eigenvalue weighted by molar-refractivity contribution is -0.137. The fourth-order valence-electron chi connectivity index (χ4n) is 2.99. The second-order valence-electron chi connectivity index (χ2n) is 6.28. The summed E-state index contributed by atoms with van der Waals surface area (Å²) in [5.41, 5.74) is -0.486. The summed E-state index contributed by atoms with van der Waals surface area (Å²) in [5.74, 6) is 0.135. The standard InChI is InChI=1S/C16H23F3N2O3S/c1-20(10-13-5-3-7-15(9-13)16(17,18)19)25(22,23)21-8-4-6-14(11-21)12-24-2/h3,5,7,9,14H,4,6,8,10-12H2,1-2H3. The molecule has 0 spiro atoms. The van der Waals surface area contributed by atoms with E-state index in [4.69, 9.17) is 4.74 Å². The van der Waals surface area contributed by atoms with Gasteiger partial charge in [0.15, 0.2) is 0 Å². The Hall–Kier alpha value is -1.16. The van der Waals surface area contributed by atoms with Crippen LogP contribution in [0.1, 0.15) is 24.0 Å². The predicted octanol–water partition coefficient (Wildman–Crippen LogP) is 2.74. The molecule has 0 saturated carbocycles. The van der Waals surface area contributed by atoms with Gasteiger partial charge in [0.2, 0.25) is 0 Å². The highest BCUT2D eigenvalue weighted by molar-refractivity contribution is 7.86. The van der Waals surface area contributed by atoms with Gasteiger partial charge in [0.25, 0.3) is 10.2 Å². The summed E-state index contributed by atoms with van der Waals surface area (Å²) in [4.78, 5) is 0. The van der Waals surface area contributed by atoms with Crippen LogP contribution >= 0.6 is 0 Å². The molecule has 1 aliphatic rings. The Morgan fingerprint density at radius 1 is 1.36 bits per heavy atom. The van der Waals surface area contributed by atoms with Crippen LogP contribution in [0.15, 0.2) is 24.3 Å². The van der Waals surface area contributed by atoms with Gasteiger partial charge in [-0.15, -0.1) is 0 Å². The summed E-state index contributed by atoms with van der Waals surface area (Å²) in [6.45, 7) is 1.15. The Bertz CT molecular complexity index is 677. The summed E-state index contributed by atoms with van der Waals surface area (Å²) in [6.07, 6.45) is -2.81. The normalized spacial score (nSPS) is 20.2. The molecule has 1 unspecified atom stereocenters. The Morgan fingerprint density at radius 3 is 2.72 bits per heavy atom. The van der Waals surface area contributed by atoms with E-state index in [2.05, 4.69) is 0 Å². The minimum absolute atomic E-state index is 0.113. The first-order chi connectivity index (χ1) is 11.6. The molecule has 0 N–H and O–H groups in total. The maximum Gasteiger partial charge on any atom is 0.416 e. The number of halogens is 3. The van der Waals surface area contributed by atoms with Crippen LogP contribution in [0.3, 0.4) is 0 Å². The average molecular weight is 380 g/mol. The Labute approximate surface area is 146 Å². The molecular weight excluding hydrogens is 357 g/mol. The van der Waals surface area contributed by atoms with E-state index in [0.717, 1.165) is 29.3 Å². The van der Waals surface area contributed by atoms with Crippen molar-refractivity contribution in [3.63, 3.8) is 0 Å². The first-order valence-corrected chi connectivity index (χ1v) is 9.40. The molecule has 1 atom stereocenters. The van der Waals surface area contributed by atoms with Gasteiger partial charge in [0.1, 0.15) is 0 Å². The number of piperidine rings is 1. The summed E-state index contributed by atoms with van der Waals surface area (Å²) in [7, 11) is -0.769. The van der Waals surface area contributed by atoms with E-state index in [1.54, 1.807) is 7.11 Å². The van der Waals surface area contributed by atoms with E-state index >= 15 is 0 Å². The van der Waals surface area contributed by atoms with Crippen molar-refractivity contribution in [2.75, 3.05) is 33.9 Å². The minimum Gasteiger partial charge on any atom is -0.384 e. The van der Waals surface area contributed by atoms with Gasteiger partial charge in [-0.3, -0.25) is 0 Å². The lowest BCUT2D eigenvalue weighted by atomic mass is 10.0. The minimum atomic E-state index is -4.45. The number of alkyl halides is 3. The van der Waals surface area contributed by atoms with Gasteiger partial charge in [-0.25, -0.2) is 0 Å². The molecule has 1 saturated heterocycles. The third-order valence-electron chi connectivity index (χ3n) is 4.26. The highest BCUT2D eigenvalue weighted by atomic mass is 32.2. The highest BCUT2D eigenvalue weighted by Crippen LogP contribution is 2.30. The highest BCUT2D eigenvalue weighted by Gasteiger charge is 2.33. The number of methoxy groups -OCH3 is 1. The molecule has 0 amide bonds. The number of benzene rings is 1. The molecule has 5 nitrogen and oxygen atoms in total. The quantitative estimate of drug-likeness (QED) is 0.763. The molecule has 1 fully saturated rings. The molecule has 2 rings (SSSR count). The number of rotatable bonds is 6. The van der Waals surface area contributed by atoms with E-state index in [1.807, 2.05) is 0 Å². The maximum absolute atomic E-state index is 12.8. The van der Waals surface area contributed by atoms with Crippen molar-refractivity contribution in [1.29, 1.82) is 0 Å². The van der Waals surface area contributed by atoms with Gasteiger partial charge in [0, 0.05) is 33.8 Å². The molecule has 1 aliphatic heterocycles. The van der Waals surface area contributed by atoms with E-state index in [1.165, 1.54) is 23.5 Å². The van der Waals surface area contributed by atoms with E-state index in [9.17, 15) is 21.6 Å². The molecule has 0 aromatic heterocycles. The van der Waals surface area contributed by atoms with Gasteiger partial charge in [-0.2, -0.15) is 30.2 Å². The zero-order chi connectivity index (χ0) is 18.7. The van der Waals surface area contributed by atoms with Crippen molar-refractivity contribution < 1.29 is 26.3 Å². The topological polar surface area (TPSA) is 49.9 Å². The maximum atomic E-state index is 12.8. The van der Waals surface area contributed by atoms with Gasteiger partial charge >= 0.3 is 6.18 Å². The van der Waals surface area contributed by atoms with Crippen LogP contribution in [0, 0.1) is 5.92 Å². The molecule has 25 heavy (non-hydrogen) atoms. The van der Waals surface area contributed by atoms with Crippen LogP contribution < -0.4 is 0 Å². The van der Waals surface area contributed by atoms with E-state index in [0.29, 0.717) is 25.3 Å². The average Bonchev–Trinajstić information content (AvgIpc) is 2.55. The van der Waals surface area contributed by atoms with Crippen molar-refractivity contribution in [3.05, 3.63) is 35.4 Å². The van der Waals surface area contributed by atoms with Gasteiger partial charge in [0.05, 0.1) is 12.2 Å². The molecule has 1 aromatic carbocycles. The summed E-state index contributed by atoms with van der Waals surface area (Å²) in [5, 5.41) is 0. The smallest absolute Gasteiger partial charge is 0.384 e. The molecule has 1 aromatic rings. The Kier molecular flexibility index (Phi) is 6.47. The predicted molar refractivity (Wildman–Crippen MR) is 88.0 cm³/mol. The fraction of sp³-hybridized carbons (Fsp3) is 0.625. The molecule has 0 bridgehead atoms. The zero-order valence-electron chi connectivity index (χ0n) is 14.3. The van der Waals surface area contributed by atoms with Crippen molar-refractivity contribution in [3.8, 4) is 0 Å². The lowest BCUT2D eigenvalue weighted by Gasteiger charge is -2.34. The zero-order valence-corrected chi connectivity index (χ0v) is 15.1. The third-order valence-corrected chi connectivity index (χ3v) is 6.16. The van der Waals surface area contributed by atoms with Gasteiger partial charge in [-0.05, 0) is 30.4 Å². The van der Waals surface area contributed by atoms with E-state index in [-0.39, 0.29) is 12.5 Å². The SMILES string of the molecule is COCC1CCCN(S(=O)(=O)N(C)Cc2cccc(C(F)(F)F)c2)C1. The van der Waals surface area contributed by atoms with Crippen molar-refractivity contribution in [2.24, 2.45) is 5.92 Å². The monoisotopic (exact) mass is 380 g/mol. The van der Waals surface area contributed by atoms with E-state index < -0.39 is 21.9 Å². The van der Waals surface area contributed by atoms with Crippen LogP contribution in [0.5, 0.6) is 0 Å². The van der Waals surface area contributed by atoms with Crippen LogP contribution in [-0.4, -0.2) is 50.9 Å². The Balaban J connectivity index is 2.10. The number of nitrogens with zero attached hydrogens (tertiary/aromatic N) is 2. The summed E-state index contributed by atoms with van der Waals surface area (Å²) in [6, 6.07) is 4.73. The number of hydrogen-bond acceptors (Lipinski definition) is 3. The largest absolute Gasteiger partial charge is 0.416 e. The lowest BCUT2D eigenvalue weighted by Crippen LogP contribution is -2.47.